The van der Waals surface area contributed by atoms with Crippen LogP contribution in [0.4, 0.5) is 0 Å². The van der Waals surface area contributed by atoms with Crippen LogP contribution in [-0.4, -0.2) is 61.2 Å². The molecule has 3 atom stereocenters. The molecule has 0 aromatic carbocycles. The summed E-state index contributed by atoms with van der Waals surface area (Å²) in [6.07, 6.45) is 2.52. The van der Waals surface area contributed by atoms with E-state index in [0.29, 0.717) is 18.1 Å². The van der Waals surface area contributed by atoms with E-state index >= 15 is 0 Å². The van der Waals surface area contributed by atoms with Crippen molar-refractivity contribution in [3.63, 3.8) is 0 Å². The summed E-state index contributed by atoms with van der Waals surface area (Å²) in [5.74, 6) is 0. The van der Waals surface area contributed by atoms with E-state index in [1.807, 2.05) is 0 Å². The standard InChI is InChI=1S/C14H31N3/c1-6-14(15-7-2)13(4)17-10-8-9-16(5)11-12(17)3/h12-15H,6-11H2,1-5H3. The van der Waals surface area contributed by atoms with Crippen LogP contribution in [0.1, 0.15) is 40.5 Å². The van der Waals surface area contributed by atoms with Gasteiger partial charge in [-0.15, -0.1) is 0 Å². The molecular weight excluding hydrogens is 210 g/mol. The second kappa shape index (κ2) is 7.34. The zero-order valence-corrected chi connectivity index (χ0v) is 12.4. The minimum atomic E-state index is 0.630. The van der Waals surface area contributed by atoms with Gasteiger partial charge >= 0.3 is 0 Å². The zero-order chi connectivity index (χ0) is 12.8. The van der Waals surface area contributed by atoms with Crippen molar-refractivity contribution < 1.29 is 0 Å². The van der Waals surface area contributed by atoms with Gasteiger partial charge in [-0.2, -0.15) is 0 Å². The number of hydrogen-bond acceptors (Lipinski definition) is 3. The Bertz CT molecular complexity index is 208. The van der Waals surface area contributed by atoms with E-state index < -0.39 is 0 Å². The van der Waals surface area contributed by atoms with Crippen molar-refractivity contribution in [1.29, 1.82) is 0 Å². The lowest BCUT2D eigenvalue weighted by atomic mass is 10.0. The molecule has 102 valence electrons. The molecule has 3 unspecified atom stereocenters. The van der Waals surface area contributed by atoms with E-state index in [-0.39, 0.29) is 0 Å². The van der Waals surface area contributed by atoms with Crippen molar-refractivity contribution in [3.05, 3.63) is 0 Å². The second-order valence-corrected chi connectivity index (χ2v) is 5.52. The number of nitrogens with one attached hydrogen (secondary N) is 1. The fraction of sp³-hybridized carbons (Fsp3) is 1.00. The van der Waals surface area contributed by atoms with Crippen molar-refractivity contribution in [2.45, 2.75) is 58.7 Å². The van der Waals surface area contributed by atoms with Gasteiger partial charge in [-0.3, -0.25) is 4.90 Å². The van der Waals surface area contributed by atoms with Crippen LogP contribution >= 0.6 is 0 Å². The Balaban J connectivity index is 2.61. The molecule has 3 nitrogen and oxygen atoms in total. The normalized spacial score (nSPS) is 27.7. The fourth-order valence-electron chi connectivity index (χ4n) is 3.15. The van der Waals surface area contributed by atoms with Gasteiger partial charge < -0.3 is 10.2 Å². The van der Waals surface area contributed by atoms with E-state index in [1.165, 1.54) is 32.5 Å². The monoisotopic (exact) mass is 241 g/mol. The predicted molar refractivity (Wildman–Crippen MR) is 75.5 cm³/mol. The van der Waals surface area contributed by atoms with Gasteiger partial charge in [0.1, 0.15) is 0 Å². The maximum atomic E-state index is 3.63. The molecule has 0 amide bonds. The molecule has 1 aliphatic rings. The first-order valence-electron chi connectivity index (χ1n) is 7.27. The lowest BCUT2D eigenvalue weighted by Crippen LogP contribution is -2.52. The summed E-state index contributed by atoms with van der Waals surface area (Å²) in [6, 6.07) is 1.94. The summed E-state index contributed by atoms with van der Waals surface area (Å²) in [5.41, 5.74) is 0. The van der Waals surface area contributed by atoms with Crippen LogP contribution in [0.25, 0.3) is 0 Å². The predicted octanol–water partition coefficient (Wildman–Crippen LogP) is 1.79. The van der Waals surface area contributed by atoms with Crippen molar-refractivity contribution in [3.8, 4) is 0 Å². The highest BCUT2D eigenvalue weighted by molar-refractivity contribution is 4.85. The minimum absolute atomic E-state index is 0.630. The number of nitrogens with zero attached hydrogens (tertiary/aromatic N) is 2. The Morgan fingerprint density at radius 1 is 1.29 bits per heavy atom. The average molecular weight is 241 g/mol. The first-order chi connectivity index (χ1) is 8.10. The third-order valence-corrected chi connectivity index (χ3v) is 4.11. The fourth-order valence-corrected chi connectivity index (χ4v) is 3.15. The van der Waals surface area contributed by atoms with Gasteiger partial charge in [0.2, 0.25) is 0 Å². The summed E-state index contributed by atoms with van der Waals surface area (Å²) in [6.45, 7) is 14.0. The average Bonchev–Trinajstić information content (AvgIpc) is 2.46. The third-order valence-electron chi connectivity index (χ3n) is 4.11. The summed E-state index contributed by atoms with van der Waals surface area (Å²) in [5, 5.41) is 3.63. The molecule has 1 saturated heterocycles. The molecule has 1 N–H and O–H groups in total. The molecule has 0 aromatic heterocycles. The van der Waals surface area contributed by atoms with Gasteiger partial charge in [0, 0.05) is 31.2 Å². The largest absolute Gasteiger partial charge is 0.313 e. The van der Waals surface area contributed by atoms with Gasteiger partial charge in [0.15, 0.2) is 0 Å². The Morgan fingerprint density at radius 2 is 2.00 bits per heavy atom. The maximum Gasteiger partial charge on any atom is 0.0224 e. The molecule has 0 saturated carbocycles. The van der Waals surface area contributed by atoms with Crippen molar-refractivity contribution in [2.75, 3.05) is 33.2 Å². The van der Waals surface area contributed by atoms with Crippen LogP contribution in [0, 0.1) is 0 Å². The Kier molecular flexibility index (Phi) is 6.45. The number of rotatable bonds is 5. The van der Waals surface area contributed by atoms with E-state index in [9.17, 15) is 0 Å². The first-order valence-corrected chi connectivity index (χ1v) is 7.27. The van der Waals surface area contributed by atoms with Crippen LogP contribution in [0.5, 0.6) is 0 Å². The van der Waals surface area contributed by atoms with Crippen LogP contribution in [0.15, 0.2) is 0 Å². The molecule has 0 aromatic rings. The SMILES string of the molecule is CCNC(CC)C(C)N1CCCN(C)CC1C. The lowest BCUT2D eigenvalue weighted by molar-refractivity contribution is 0.122. The van der Waals surface area contributed by atoms with Crippen LogP contribution in [0.3, 0.4) is 0 Å². The van der Waals surface area contributed by atoms with Crippen LogP contribution < -0.4 is 5.32 Å². The molecular formula is C14H31N3. The second-order valence-electron chi connectivity index (χ2n) is 5.52. The molecule has 0 bridgehead atoms. The van der Waals surface area contributed by atoms with Gasteiger partial charge in [-0.05, 0) is 46.8 Å². The summed E-state index contributed by atoms with van der Waals surface area (Å²) in [4.78, 5) is 5.16. The Morgan fingerprint density at radius 3 is 2.59 bits per heavy atom. The lowest BCUT2D eigenvalue weighted by Gasteiger charge is -2.38. The Labute approximate surface area is 108 Å². The van der Waals surface area contributed by atoms with Gasteiger partial charge in [0.05, 0.1) is 0 Å². The van der Waals surface area contributed by atoms with E-state index in [2.05, 4.69) is 49.9 Å². The highest BCUT2D eigenvalue weighted by atomic mass is 15.3. The first kappa shape index (κ1) is 14.9. The third kappa shape index (κ3) is 4.23. The molecule has 1 aliphatic heterocycles. The van der Waals surface area contributed by atoms with Crippen LogP contribution in [0.2, 0.25) is 0 Å². The molecule has 1 rings (SSSR count). The van der Waals surface area contributed by atoms with Crippen molar-refractivity contribution >= 4 is 0 Å². The highest BCUT2D eigenvalue weighted by Crippen LogP contribution is 2.16. The maximum absolute atomic E-state index is 3.63. The molecule has 1 fully saturated rings. The van der Waals surface area contributed by atoms with Crippen molar-refractivity contribution in [2.24, 2.45) is 0 Å². The summed E-state index contributed by atoms with van der Waals surface area (Å²) >= 11 is 0. The van der Waals surface area contributed by atoms with Gasteiger partial charge in [-0.25, -0.2) is 0 Å². The Hall–Kier alpha value is -0.120. The molecule has 0 radical (unpaired) electrons. The van der Waals surface area contributed by atoms with Gasteiger partial charge in [0.25, 0.3) is 0 Å². The van der Waals surface area contributed by atoms with E-state index in [1.54, 1.807) is 0 Å². The zero-order valence-electron chi connectivity index (χ0n) is 12.4. The van der Waals surface area contributed by atoms with Gasteiger partial charge in [-0.1, -0.05) is 13.8 Å². The minimum Gasteiger partial charge on any atom is -0.313 e. The molecule has 3 heteroatoms. The molecule has 0 aliphatic carbocycles. The summed E-state index contributed by atoms with van der Waals surface area (Å²) in [7, 11) is 2.24. The van der Waals surface area contributed by atoms with Crippen LogP contribution in [-0.2, 0) is 0 Å². The summed E-state index contributed by atoms with van der Waals surface area (Å²) < 4.78 is 0. The van der Waals surface area contributed by atoms with E-state index in [0.717, 1.165) is 6.54 Å². The molecule has 17 heavy (non-hydrogen) atoms. The quantitative estimate of drug-likeness (QED) is 0.792. The smallest absolute Gasteiger partial charge is 0.0224 e. The molecule has 1 heterocycles. The molecule has 0 spiro atoms. The van der Waals surface area contributed by atoms with E-state index in [4.69, 9.17) is 0 Å². The number of hydrogen-bond donors (Lipinski definition) is 1. The topological polar surface area (TPSA) is 18.5 Å². The van der Waals surface area contributed by atoms with Crippen molar-refractivity contribution in [1.82, 2.24) is 15.1 Å². The number of likely N-dealkylation sites (N-methyl/N-ethyl adjacent to an activating group) is 2. The highest BCUT2D eigenvalue weighted by Gasteiger charge is 2.27.